The zero-order valence-electron chi connectivity index (χ0n) is 24.2. The van der Waals surface area contributed by atoms with E-state index in [1.165, 1.54) is 30.6 Å². The first-order valence-electron chi connectivity index (χ1n) is 13.8. The molecule has 2 aliphatic rings. The molecule has 1 fully saturated rings. The Morgan fingerprint density at radius 3 is 2.08 bits per heavy atom. The molecule has 6 atom stereocenters. The summed E-state index contributed by atoms with van der Waals surface area (Å²) in [5.41, 5.74) is 3.37. The summed E-state index contributed by atoms with van der Waals surface area (Å²) in [5.74, 6) is -1.08. The Bertz CT molecular complexity index is 887. The third-order valence-corrected chi connectivity index (χ3v) is 7.50. The summed E-state index contributed by atoms with van der Waals surface area (Å²) in [6, 6.07) is 0. The SMILES string of the molecule is CC(=O)OCC1OC(OC(C)(C)[C@@H]2C/C=C(\C)CC/C=C(\C)CC/C=C(\C)CC2)C(O)C(O)C1OC(C)=O. The number of hydrogen-bond donors (Lipinski definition) is 2. The maximum Gasteiger partial charge on any atom is 0.303 e. The molecule has 0 aromatic heterocycles. The molecule has 216 valence electrons. The fourth-order valence-corrected chi connectivity index (χ4v) is 4.96. The van der Waals surface area contributed by atoms with Crippen molar-refractivity contribution >= 4 is 11.9 Å². The number of hydrogen-bond acceptors (Lipinski definition) is 8. The monoisotopic (exact) mass is 536 g/mol. The van der Waals surface area contributed by atoms with E-state index < -0.39 is 48.2 Å². The minimum absolute atomic E-state index is 0.104. The Morgan fingerprint density at radius 1 is 0.921 bits per heavy atom. The average Bonchev–Trinajstić information content (AvgIpc) is 2.81. The van der Waals surface area contributed by atoms with Crippen LogP contribution >= 0.6 is 0 Å². The summed E-state index contributed by atoms with van der Waals surface area (Å²) in [7, 11) is 0. The quantitative estimate of drug-likeness (QED) is 0.363. The molecule has 1 heterocycles. The van der Waals surface area contributed by atoms with Crippen LogP contribution in [0.5, 0.6) is 0 Å². The van der Waals surface area contributed by atoms with E-state index in [9.17, 15) is 19.8 Å². The first kappa shape index (κ1) is 32.2. The summed E-state index contributed by atoms with van der Waals surface area (Å²) in [6.07, 6.45) is 7.33. The zero-order chi connectivity index (χ0) is 28.5. The van der Waals surface area contributed by atoms with Crippen molar-refractivity contribution in [3.63, 3.8) is 0 Å². The van der Waals surface area contributed by atoms with Gasteiger partial charge in [0.15, 0.2) is 12.4 Å². The van der Waals surface area contributed by atoms with Gasteiger partial charge in [-0.05, 0) is 85.5 Å². The van der Waals surface area contributed by atoms with Crippen molar-refractivity contribution in [2.24, 2.45) is 5.92 Å². The predicted molar refractivity (Wildman–Crippen MR) is 145 cm³/mol. The molecule has 0 bridgehead atoms. The minimum atomic E-state index is -1.47. The highest BCUT2D eigenvalue weighted by molar-refractivity contribution is 5.66. The van der Waals surface area contributed by atoms with Crippen LogP contribution in [0.15, 0.2) is 34.9 Å². The van der Waals surface area contributed by atoms with E-state index in [2.05, 4.69) is 39.0 Å². The largest absolute Gasteiger partial charge is 0.463 e. The molecule has 5 unspecified atom stereocenters. The highest BCUT2D eigenvalue weighted by Crippen LogP contribution is 2.35. The lowest BCUT2D eigenvalue weighted by Gasteiger charge is -2.45. The Labute approximate surface area is 228 Å². The van der Waals surface area contributed by atoms with E-state index in [1.807, 2.05) is 13.8 Å². The standard InChI is InChI=1S/C30H48O8/c1-19-10-8-12-20(2)14-16-24(17-15-21(3)13-9-11-19)30(6,7)38-29-27(34)26(33)28(36-23(5)32)25(37-29)18-35-22(4)31/h10,13-14,24-29,33-34H,8-9,11-12,15-18H2,1-7H3/b19-10+,20-14+,21-13+/t24-,25?,26?,27?,28?,29?/m1/s1. The van der Waals surface area contributed by atoms with Gasteiger partial charge < -0.3 is 29.2 Å². The fourth-order valence-electron chi connectivity index (χ4n) is 4.96. The number of esters is 2. The molecule has 1 aliphatic carbocycles. The van der Waals surface area contributed by atoms with Crippen LogP contribution in [-0.2, 0) is 28.5 Å². The predicted octanol–water partition coefficient (Wildman–Crippen LogP) is 4.92. The Kier molecular flexibility index (Phi) is 12.7. The Morgan fingerprint density at radius 2 is 1.50 bits per heavy atom. The van der Waals surface area contributed by atoms with Crippen LogP contribution in [0.25, 0.3) is 0 Å². The highest BCUT2D eigenvalue weighted by atomic mass is 16.7. The summed E-state index contributed by atoms with van der Waals surface area (Å²) in [4.78, 5) is 23.0. The van der Waals surface area contributed by atoms with E-state index in [1.54, 1.807) is 0 Å². The molecule has 0 spiro atoms. The number of carbonyl (C=O) groups excluding carboxylic acids is 2. The summed E-state index contributed by atoms with van der Waals surface area (Å²) >= 11 is 0. The Balaban J connectivity index is 2.24. The van der Waals surface area contributed by atoms with Gasteiger partial charge >= 0.3 is 11.9 Å². The van der Waals surface area contributed by atoms with Gasteiger partial charge in [0.1, 0.15) is 24.9 Å². The van der Waals surface area contributed by atoms with Crippen LogP contribution in [0.1, 0.15) is 93.4 Å². The van der Waals surface area contributed by atoms with Crippen molar-refractivity contribution in [1.82, 2.24) is 0 Å². The molecule has 1 saturated heterocycles. The van der Waals surface area contributed by atoms with Gasteiger partial charge in [0.25, 0.3) is 0 Å². The van der Waals surface area contributed by atoms with E-state index in [0.29, 0.717) is 0 Å². The van der Waals surface area contributed by atoms with Crippen LogP contribution in [0, 0.1) is 5.92 Å². The van der Waals surface area contributed by atoms with Crippen molar-refractivity contribution in [3.05, 3.63) is 34.9 Å². The number of rotatable bonds is 6. The third kappa shape index (κ3) is 10.3. The van der Waals surface area contributed by atoms with Gasteiger partial charge in [-0.3, -0.25) is 9.59 Å². The van der Waals surface area contributed by atoms with Gasteiger partial charge in [-0.15, -0.1) is 0 Å². The smallest absolute Gasteiger partial charge is 0.303 e. The van der Waals surface area contributed by atoms with Crippen LogP contribution in [-0.4, -0.2) is 65.1 Å². The highest BCUT2D eigenvalue weighted by Gasteiger charge is 2.49. The third-order valence-electron chi connectivity index (χ3n) is 7.50. The van der Waals surface area contributed by atoms with Gasteiger partial charge in [0, 0.05) is 13.8 Å². The molecule has 0 radical (unpaired) electrons. The van der Waals surface area contributed by atoms with E-state index in [-0.39, 0.29) is 12.5 Å². The van der Waals surface area contributed by atoms with Gasteiger partial charge in [-0.2, -0.15) is 0 Å². The lowest BCUT2D eigenvalue weighted by atomic mass is 9.82. The molecule has 8 heteroatoms. The normalized spacial score (nSPS) is 34.4. The maximum absolute atomic E-state index is 11.6. The summed E-state index contributed by atoms with van der Waals surface area (Å²) < 4.78 is 22.6. The number of ether oxygens (including phenoxy) is 4. The van der Waals surface area contributed by atoms with Crippen molar-refractivity contribution in [3.8, 4) is 0 Å². The van der Waals surface area contributed by atoms with Gasteiger partial charge in [0.2, 0.25) is 0 Å². The topological polar surface area (TPSA) is 112 Å². The second kappa shape index (κ2) is 15.0. The second-order valence-electron chi connectivity index (χ2n) is 11.3. The summed E-state index contributed by atoms with van der Waals surface area (Å²) in [5, 5.41) is 21.7. The molecule has 2 N–H and O–H groups in total. The molecule has 1 aliphatic heterocycles. The van der Waals surface area contributed by atoms with Crippen LogP contribution in [0.2, 0.25) is 0 Å². The van der Waals surface area contributed by atoms with Crippen molar-refractivity contribution in [2.75, 3.05) is 6.61 Å². The first-order chi connectivity index (χ1) is 17.8. The molecule has 0 aromatic rings. The molecule has 38 heavy (non-hydrogen) atoms. The van der Waals surface area contributed by atoms with Gasteiger partial charge in [0.05, 0.1) is 5.60 Å². The second-order valence-corrected chi connectivity index (χ2v) is 11.3. The van der Waals surface area contributed by atoms with Crippen molar-refractivity contribution < 1.29 is 38.7 Å². The average molecular weight is 537 g/mol. The fraction of sp³-hybridized carbons (Fsp3) is 0.733. The molecule has 8 nitrogen and oxygen atoms in total. The number of aliphatic hydroxyl groups excluding tert-OH is 2. The number of carbonyl (C=O) groups is 2. The first-order valence-corrected chi connectivity index (χ1v) is 13.8. The molecule has 0 aromatic carbocycles. The van der Waals surface area contributed by atoms with Crippen LogP contribution in [0.3, 0.4) is 0 Å². The van der Waals surface area contributed by atoms with E-state index in [4.69, 9.17) is 18.9 Å². The van der Waals surface area contributed by atoms with Crippen LogP contribution in [0.4, 0.5) is 0 Å². The summed E-state index contributed by atoms with van der Waals surface area (Å²) in [6.45, 7) is 12.7. The number of aliphatic hydroxyl groups is 2. The van der Waals surface area contributed by atoms with Crippen molar-refractivity contribution in [2.45, 2.75) is 130 Å². The molecule has 2 rings (SSSR count). The molecule has 0 amide bonds. The Hall–Kier alpha value is -2.00. The molecule has 0 saturated carbocycles. The minimum Gasteiger partial charge on any atom is -0.463 e. The number of allylic oxidation sites excluding steroid dienone is 6. The maximum atomic E-state index is 11.6. The molecular formula is C30H48O8. The zero-order valence-corrected chi connectivity index (χ0v) is 24.2. The van der Waals surface area contributed by atoms with Crippen molar-refractivity contribution in [1.29, 1.82) is 0 Å². The van der Waals surface area contributed by atoms with Gasteiger partial charge in [-0.1, -0.05) is 34.9 Å². The lowest BCUT2D eigenvalue weighted by Crippen LogP contribution is -2.62. The van der Waals surface area contributed by atoms with Gasteiger partial charge in [-0.25, -0.2) is 0 Å². The molecular weight excluding hydrogens is 488 g/mol. The van der Waals surface area contributed by atoms with E-state index >= 15 is 0 Å². The van der Waals surface area contributed by atoms with Crippen LogP contribution < -0.4 is 0 Å². The lowest BCUT2D eigenvalue weighted by molar-refractivity contribution is -0.329. The van der Waals surface area contributed by atoms with E-state index in [0.717, 1.165) is 44.9 Å².